The van der Waals surface area contributed by atoms with Crippen LogP contribution in [-0.2, 0) is 14.6 Å². The molecule has 22 heavy (non-hydrogen) atoms. The third-order valence-corrected chi connectivity index (χ3v) is 5.89. The number of hydrogen-bond donors (Lipinski definition) is 1. The van der Waals surface area contributed by atoms with Gasteiger partial charge in [0.1, 0.15) is 11.1 Å². The summed E-state index contributed by atoms with van der Waals surface area (Å²) in [5.41, 5.74) is 0. The van der Waals surface area contributed by atoms with Crippen LogP contribution in [0.3, 0.4) is 0 Å². The summed E-state index contributed by atoms with van der Waals surface area (Å²) in [5.74, 6) is -0.924. The molecule has 0 saturated carbocycles. The van der Waals surface area contributed by atoms with Gasteiger partial charge in [-0.05, 0) is 45.0 Å². The Balaban J connectivity index is 2.20. The third-order valence-electron chi connectivity index (χ3n) is 3.82. The van der Waals surface area contributed by atoms with Gasteiger partial charge in [-0.15, -0.1) is 0 Å². The maximum absolute atomic E-state index is 12.9. The summed E-state index contributed by atoms with van der Waals surface area (Å²) in [7, 11) is -3.82. The molecule has 0 unspecified atom stereocenters. The summed E-state index contributed by atoms with van der Waals surface area (Å²) < 4.78 is 37.9. The van der Waals surface area contributed by atoms with E-state index in [-0.39, 0.29) is 17.0 Å². The van der Waals surface area contributed by atoms with Crippen molar-refractivity contribution in [3.63, 3.8) is 0 Å². The maximum Gasteiger partial charge on any atom is 0.241 e. The minimum Gasteiger partial charge on any atom is -0.338 e. The van der Waals surface area contributed by atoms with E-state index in [4.69, 9.17) is 0 Å². The molecule has 1 amide bonds. The average Bonchev–Trinajstić information content (AvgIpc) is 2.45. The lowest BCUT2D eigenvalue weighted by atomic mass is 10.1. The normalized spacial score (nSPS) is 24.1. The predicted molar refractivity (Wildman–Crippen MR) is 81.7 cm³/mol. The van der Waals surface area contributed by atoms with Crippen LogP contribution in [0.1, 0.15) is 20.8 Å². The number of nitrogens with zero attached hydrogens (tertiary/aromatic N) is 1. The highest BCUT2D eigenvalue weighted by molar-refractivity contribution is 7.92. The van der Waals surface area contributed by atoms with E-state index in [0.717, 1.165) is 12.1 Å². The molecule has 2 rings (SSSR count). The van der Waals surface area contributed by atoms with Crippen LogP contribution >= 0.6 is 0 Å². The lowest BCUT2D eigenvalue weighted by Gasteiger charge is -2.37. The summed E-state index contributed by atoms with van der Waals surface area (Å²) in [5, 5.41) is 2.11. The van der Waals surface area contributed by atoms with Gasteiger partial charge >= 0.3 is 0 Å². The SMILES string of the molecule is C[C@@H]1CN(C(=O)[C@@H](C)S(=O)(=O)c2ccc(F)cc2)C[C@@H](C)N1. The predicted octanol–water partition coefficient (Wildman–Crippen LogP) is 1.20. The number of carbonyl (C=O) groups is 1. The number of benzene rings is 1. The zero-order chi connectivity index (χ0) is 16.5. The molecule has 1 aliphatic rings. The summed E-state index contributed by atoms with van der Waals surface area (Å²) in [6.07, 6.45) is 0. The molecule has 5 nitrogen and oxygen atoms in total. The molecule has 1 aromatic rings. The Labute approximate surface area is 130 Å². The Morgan fingerprint density at radius 2 is 1.73 bits per heavy atom. The van der Waals surface area contributed by atoms with Crippen LogP contribution in [0.5, 0.6) is 0 Å². The van der Waals surface area contributed by atoms with Crippen molar-refractivity contribution < 1.29 is 17.6 Å². The molecule has 3 atom stereocenters. The highest BCUT2D eigenvalue weighted by Gasteiger charge is 2.35. The summed E-state index contributed by atoms with van der Waals surface area (Å²) in [6, 6.07) is 4.79. The van der Waals surface area contributed by atoms with Crippen molar-refractivity contribution in [3.8, 4) is 0 Å². The van der Waals surface area contributed by atoms with E-state index in [2.05, 4.69) is 5.32 Å². The molecule has 1 aliphatic heterocycles. The largest absolute Gasteiger partial charge is 0.338 e. The van der Waals surface area contributed by atoms with Gasteiger partial charge < -0.3 is 10.2 Å². The van der Waals surface area contributed by atoms with E-state index in [0.29, 0.717) is 13.1 Å². The minimum atomic E-state index is -3.82. The number of sulfone groups is 1. The van der Waals surface area contributed by atoms with Crippen LogP contribution in [0.25, 0.3) is 0 Å². The molecule has 0 spiro atoms. The van der Waals surface area contributed by atoms with Gasteiger partial charge in [0.25, 0.3) is 0 Å². The van der Waals surface area contributed by atoms with Crippen LogP contribution in [0.4, 0.5) is 4.39 Å². The number of piperazine rings is 1. The van der Waals surface area contributed by atoms with E-state index in [1.807, 2.05) is 13.8 Å². The molecule has 0 aromatic heterocycles. The highest BCUT2D eigenvalue weighted by atomic mass is 32.2. The van der Waals surface area contributed by atoms with E-state index in [1.165, 1.54) is 19.1 Å². The highest BCUT2D eigenvalue weighted by Crippen LogP contribution is 2.19. The lowest BCUT2D eigenvalue weighted by molar-refractivity contribution is -0.132. The first kappa shape index (κ1) is 16.9. The molecule has 0 aliphatic carbocycles. The number of amides is 1. The first-order valence-corrected chi connectivity index (χ1v) is 8.80. The van der Waals surface area contributed by atoms with E-state index < -0.39 is 26.8 Å². The zero-order valence-electron chi connectivity index (χ0n) is 12.9. The summed E-state index contributed by atoms with van der Waals surface area (Å²) in [6.45, 7) is 6.25. The summed E-state index contributed by atoms with van der Waals surface area (Å²) in [4.78, 5) is 14.1. The van der Waals surface area contributed by atoms with Gasteiger partial charge in [0.2, 0.25) is 5.91 Å². The lowest BCUT2D eigenvalue weighted by Crippen LogP contribution is -2.58. The van der Waals surface area contributed by atoms with Gasteiger partial charge in [0, 0.05) is 25.2 Å². The quantitative estimate of drug-likeness (QED) is 0.847. The van der Waals surface area contributed by atoms with Crippen LogP contribution in [0.15, 0.2) is 29.2 Å². The van der Waals surface area contributed by atoms with Crippen molar-refractivity contribution in [1.82, 2.24) is 10.2 Å². The van der Waals surface area contributed by atoms with Crippen molar-refractivity contribution in [1.29, 1.82) is 0 Å². The Morgan fingerprint density at radius 3 is 2.23 bits per heavy atom. The molecule has 1 saturated heterocycles. The van der Waals surface area contributed by atoms with Gasteiger partial charge in [-0.3, -0.25) is 4.79 Å². The fourth-order valence-electron chi connectivity index (χ4n) is 2.72. The number of hydrogen-bond acceptors (Lipinski definition) is 4. The van der Waals surface area contributed by atoms with Crippen molar-refractivity contribution in [2.24, 2.45) is 0 Å². The van der Waals surface area contributed by atoms with Crippen LogP contribution in [-0.4, -0.2) is 49.6 Å². The number of rotatable bonds is 3. The molecule has 1 fully saturated rings. The molecule has 122 valence electrons. The Kier molecular flexibility index (Phi) is 4.87. The molecule has 1 N–H and O–H groups in total. The molecule has 7 heteroatoms. The van der Waals surface area contributed by atoms with Gasteiger partial charge in [-0.1, -0.05) is 0 Å². The standard InChI is InChI=1S/C15H21FN2O3S/c1-10-8-18(9-11(2)17-10)15(19)12(3)22(20,21)14-6-4-13(16)5-7-14/h4-7,10-12,17H,8-9H2,1-3H3/t10-,11-,12-/m1/s1. The fourth-order valence-corrected chi connectivity index (χ4v) is 4.06. The van der Waals surface area contributed by atoms with Crippen molar-refractivity contribution >= 4 is 15.7 Å². The van der Waals surface area contributed by atoms with E-state index >= 15 is 0 Å². The molecular formula is C15H21FN2O3S. The second-order valence-electron chi connectivity index (χ2n) is 5.85. The molecular weight excluding hydrogens is 307 g/mol. The number of nitrogens with one attached hydrogen (secondary N) is 1. The Bertz CT molecular complexity index is 635. The molecule has 0 radical (unpaired) electrons. The molecule has 1 aromatic carbocycles. The smallest absolute Gasteiger partial charge is 0.241 e. The van der Waals surface area contributed by atoms with Gasteiger partial charge in [0.15, 0.2) is 9.84 Å². The summed E-state index contributed by atoms with van der Waals surface area (Å²) >= 11 is 0. The van der Waals surface area contributed by atoms with Crippen LogP contribution in [0.2, 0.25) is 0 Å². The maximum atomic E-state index is 12.9. The monoisotopic (exact) mass is 328 g/mol. The zero-order valence-corrected chi connectivity index (χ0v) is 13.7. The second kappa shape index (κ2) is 6.34. The van der Waals surface area contributed by atoms with E-state index in [1.54, 1.807) is 4.90 Å². The average molecular weight is 328 g/mol. The molecule has 0 bridgehead atoms. The Hall–Kier alpha value is -1.47. The first-order chi connectivity index (χ1) is 10.2. The van der Waals surface area contributed by atoms with Crippen LogP contribution in [0, 0.1) is 5.82 Å². The Morgan fingerprint density at radius 1 is 1.23 bits per heavy atom. The van der Waals surface area contributed by atoms with Gasteiger partial charge in [0.05, 0.1) is 4.90 Å². The number of halogens is 1. The van der Waals surface area contributed by atoms with E-state index in [9.17, 15) is 17.6 Å². The minimum absolute atomic E-state index is 0.0361. The first-order valence-electron chi connectivity index (χ1n) is 7.26. The number of carbonyl (C=O) groups excluding carboxylic acids is 1. The van der Waals surface area contributed by atoms with Gasteiger partial charge in [-0.2, -0.15) is 0 Å². The second-order valence-corrected chi connectivity index (χ2v) is 8.12. The van der Waals surface area contributed by atoms with Crippen LogP contribution < -0.4 is 5.32 Å². The van der Waals surface area contributed by atoms with Crippen molar-refractivity contribution in [2.45, 2.75) is 43.0 Å². The van der Waals surface area contributed by atoms with Crippen molar-refractivity contribution in [2.75, 3.05) is 13.1 Å². The third kappa shape index (κ3) is 3.47. The fraction of sp³-hybridized carbons (Fsp3) is 0.533. The van der Waals surface area contributed by atoms with Gasteiger partial charge in [-0.25, -0.2) is 12.8 Å². The molecule has 1 heterocycles. The topological polar surface area (TPSA) is 66.5 Å². The van der Waals surface area contributed by atoms with Crippen molar-refractivity contribution in [3.05, 3.63) is 30.1 Å².